The Labute approximate surface area is 139 Å². The van der Waals surface area contributed by atoms with Gasteiger partial charge in [-0.05, 0) is 36.8 Å². The maximum Gasteiger partial charge on any atom is 0.265 e. The third-order valence-electron chi connectivity index (χ3n) is 3.53. The zero-order chi connectivity index (χ0) is 17.1. The van der Waals surface area contributed by atoms with Crippen LogP contribution in [0.25, 0.3) is 11.1 Å². The second kappa shape index (κ2) is 6.72. The first-order valence-corrected chi connectivity index (χ1v) is 7.59. The Bertz CT molecular complexity index is 872. The van der Waals surface area contributed by atoms with Crippen molar-refractivity contribution in [3.05, 3.63) is 53.9 Å². The van der Waals surface area contributed by atoms with Crippen LogP contribution in [-0.4, -0.2) is 22.1 Å². The number of amides is 1. The van der Waals surface area contributed by atoms with Crippen LogP contribution in [0.4, 0.5) is 5.69 Å². The quantitative estimate of drug-likeness (QED) is 0.753. The maximum absolute atomic E-state index is 12.3. The molecule has 0 spiro atoms. The zero-order valence-corrected chi connectivity index (χ0v) is 13.4. The second-order valence-corrected chi connectivity index (χ2v) is 5.47. The molecule has 1 atom stereocenters. The lowest BCUT2D eigenvalue weighted by molar-refractivity contribution is -0.122. The topological polar surface area (TPSA) is 84.6 Å². The number of nitrogens with zero attached hydrogens (tertiary/aromatic N) is 1. The van der Waals surface area contributed by atoms with Crippen molar-refractivity contribution in [1.29, 1.82) is 0 Å². The zero-order valence-electron chi connectivity index (χ0n) is 13.4. The molecule has 3 aromatic rings. The van der Waals surface area contributed by atoms with Gasteiger partial charge in [0.15, 0.2) is 17.6 Å². The average Bonchev–Trinajstić information content (AvgIpc) is 2.94. The summed E-state index contributed by atoms with van der Waals surface area (Å²) in [5, 5.41) is 11.9. The number of ether oxygens (including phenoxy) is 1. The van der Waals surface area contributed by atoms with E-state index in [1.54, 1.807) is 56.3 Å². The van der Waals surface area contributed by atoms with Crippen molar-refractivity contribution in [2.75, 3.05) is 5.32 Å². The van der Waals surface area contributed by atoms with Crippen LogP contribution in [0.5, 0.6) is 5.75 Å². The fourth-order valence-electron chi connectivity index (χ4n) is 2.34. The van der Waals surface area contributed by atoms with Gasteiger partial charge in [-0.25, -0.2) is 4.98 Å². The van der Waals surface area contributed by atoms with Crippen LogP contribution in [0.15, 0.2) is 46.9 Å². The number of oxazole rings is 1. The normalized spacial score (nSPS) is 12.1. The van der Waals surface area contributed by atoms with Crippen molar-refractivity contribution in [1.82, 2.24) is 4.98 Å². The van der Waals surface area contributed by atoms with Gasteiger partial charge < -0.3 is 19.6 Å². The van der Waals surface area contributed by atoms with Gasteiger partial charge in [-0.1, -0.05) is 12.1 Å². The molecule has 1 heterocycles. The number of rotatable bonds is 5. The summed E-state index contributed by atoms with van der Waals surface area (Å²) in [5.41, 5.74) is 2.71. The lowest BCUT2D eigenvalue weighted by Crippen LogP contribution is -2.30. The molecular weight excluding hydrogens is 308 g/mol. The van der Waals surface area contributed by atoms with E-state index in [4.69, 9.17) is 14.3 Å². The molecular formula is C18H18N2O4. The number of hydrogen-bond acceptors (Lipinski definition) is 5. The maximum atomic E-state index is 12.3. The standard InChI is InChI=1S/C18H18N2O4/c1-11(23-15-5-3-4-13(8-15)10-21)18(22)20-14-6-7-16-17(9-14)24-12(2)19-16/h3-9,11,21H,10H2,1-2H3,(H,20,22). The minimum atomic E-state index is -0.689. The van der Waals surface area contributed by atoms with Gasteiger partial charge in [0.2, 0.25) is 0 Å². The third kappa shape index (κ3) is 3.55. The molecule has 2 aromatic carbocycles. The molecule has 3 rings (SSSR count). The number of aliphatic hydroxyl groups is 1. The number of nitrogens with one attached hydrogen (secondary N) is 1. The molecule has 0 fully saturated rings. The van der Waals surface area contributed by atoms with Crippen LogP contribution in [-0.2, 0) is 11.4 Å². The number of hydrogen-bond donors (Lipinski definition) is 2. The predicted molar refractivity (Wildman–Crippen MR) is 89.8 cm³/mol. The number of aromatic nitrogens is 1. The Morgan fingerprint density at radius 1 is 1.33 bits per heavy atom. The number of benzene rings is 2. The summed E-state index contributed by atoms with van der Waals surface area (Å²) in [5.74, 6) is 0.833. The Balaban J connectivity index is 1.68. The van der Waals surface area contributed by atoms with E-state index in [9.17, 15) is 4.79 Å². The van der Waals surface area contributed by atoms with Crippen LogP contribution < -0.4 is 10.1 Å². The van der Waals surface area contributed by atoms with E-state index in [0.29, 0.717) is 22.9 Å². The number of fused-ring (bicyclic) bond motifs is 1. The summed E-state index contributed by atoms with van der Waals surface area (Å²) in [7, 11) is 0. The molecule has 0 aliphatic carbocycles. The van der Waals surface area contributed by atoms with Crippen LogP contribution in [0.2, 0.25) is 0 Å². The number of anilines is 1. The number of carbonyl (C=O) groups excluding carboxylic acids is 1. The first kappa shape index (κ1) is 16.0. The molecule has 0 aliphatic rings. The van der Waals surface area contributed by atoms with E-state index in [0.717, 1.165) is 11.1 Å². The molecule has 1 amide bonds. The van der Waals surface area contributed by atoms with E-state index in [-0.39, 0.29) is 12.5 Å². The minimum Gasteiger partial charge on any atom is -0.481 e. The molecule has 0 aliphatic heterocycles. The summed E-state index contributed by atoms with van der Waals surface area (Å²) in [4.78, 5) is 16.5. The van der Waals surface area contributed by atoms with E-state index in [1.165, 1.54) is 0 Å². The largest absolute Gasteiger partial charge is 0.481 e. The first-order valence-electron chi connectivity index (χ1n) is 7.59. The van der Waals surface area contributed by atoms with Crippen LogP contribution in [0.1, 0.15) is 18.4 Å². The minimum absolute atomic E-state index is 0.0750. The fourth-order valence-corrected chi connectivity index (χ4v) is 2.34. The summed E-state index contributed by atoms with van der Waals surface area (Å²) in [6, 6.07) is 12.3. The van der Waals surface area contributed by atoms with E-state index >= 15 is 0 Å². The second-order valence-electron chi connectivity index (χ2n) is 5.47. The van der Waals surface area contributed by atoms with Gasteiger partial charge in [0.05, 0.1) is 6.61 Å². The lowest BCUT2D eigenvalue weighted by atomic mass is 10.2. The van der Waals surface area contributed by atoms with Crippen LogP contribution >= 0.6 is 0 Å². The van der Waals surface area contributed by atoms with Gasteiger partial charge in [0, 0.05) is 18.7 Å². The van der Waals surface area contributed by atoms with Gasteiger partial charge in [0.1, 0.15) is 11.3 Å². The summed E-state index contributed by atoms with van der Waals surface area (Å²) >= 11 is 0. The monoisotopic (exact) mass is 326 g/mol. The fraction of sp³-hybridized carbons (Fsp3) is 0.222. The van der Waals surface area contributed by atoms with Gasteiger partial charge >= 0.3 is 0 Å². The van der Waals surface area contributed by atoms with Gasteiger partial charge in [-0.2, -0.15) is 0 Å². The summed E-state index contributed by atoms with van der Waals surface area (Å²) < 4.78 is 11.1. The molecule has 1 unspecified atom stereocenters. The Morgan fingerprint density at radius 2 is 2.17 bits per heavy atom. The molecule has 1 aromatic heterocycles. The van der Waals surface area contributed by atoms with Gasteiger partial charge in [-0.15, -0.1) is 0 Å². The van der Waals surface area contributed by atoms with Gasteiger partial charge in [-0.3, -0.25) is 4.79 Å². The van der Waals surface area contributed by atoms with Crippen molar-refractivity contribution in [2.24, 2.45) is 0 Å². The third-order valence-corrected chi connectivity index (χ3v) is 3.53. The van der Waals surface area contributed by atoms with E-state index in [1.807, 2.05) is 0 Å². The highest BCUT2D eigenvalue weighted by Crippen LogP contribution is 2.20. The SMILES string of the molecule is Cc1nc2ccc(NC(=O)C(C)Oc3cccc(CO)c3)cc2o1. The smallest absolute Gasteiger partial charge is 0.265 e. The number of carbonyl (C=O) groups is 1. The van der Waals surface area contributed by atoms with Crippen LogP contribution in [0, 0.1) is 6.92 Å². The molecule has 0 saturated heterocycles. The van der Waals surface area contributed by atoms with Crippen molar-refractivity contribution in [3.63, 3.8) is 0 Å². The highest BCUT2D eigenvalue weighted by atomic mass is 16.5. The number of aliphatic hydroxyl groups excluding tert-OH is 1. The van der Waals surface area contributed by atoms with Crippen LogP contribution in [0.3, 0.4) is 0 Å². The Hall–Kier alpha value is -2.86. The van der Waals surface area contributed by atoms with Crippen molar-refractivity contribution in [2.45, 2.75) is 26.6 Å². The molecule has 6 heteroatoms. The molecule has 124 valence electrons. The molecule has 0 bridgehead atoms. The van der Waals surface area contributed by atoms with E-state index in [2.05, 4.69) is 10.3 Å². The molecule has 0 radical (unpaired) electrons. The highest BCUT2D eigenvalue weighted by Gasteiger charge is 2.15. The van der Waals surface area contributed by atoms with Crippen molar-refractivity contribution < 1.29 is 19.1 Å². The van der Waals surface area contributed by atoms with Crippen molar-refractivity contribution >= 4 is 22.7 Å². The highest BCUT2D eigenvalue weighted by molar-refractivity contribution is 5.95. The van der Waals surface area contributed by atoms with Gasteiger partial charge in [0.25, 0.3) is 5.91 Å². The number of aryl methyl sites for hydroxylation is 1. The molecule has 24 heavy (non-hydrogen) atoms. The molecule has 6 nitrogen and oxygen atoms in total. The molecule has 2 N–H and O–H groups in total. The first-order chi connectivity index (χ1) is 11.5. The van der Waals surface area contributed by atoms with Crippen molar-refractivity contribution in [3.8, 4) is 5.75 Å². The summed E-state index contributed by atoms with van der Waals surface area (Å²) in [6.07, 6.45) is -0.689. The molecule has 0 saturated carbocycles. The predicted octanol–water partition coefficient (Wildman–Crippen LogP) is 3.03. The lowest BCUT2D eigenvalue weighted by Gasteiger charge is -2.15. The average molecular weight is 326 g/mol. The Kier molecular flexibility index (Phi) is 4.48. The Morgan fingerprint density at radius 3 is 2.96 bits per heavy atom. The summed E-state index contributed by atoms with van der Waals surface area (Å²) in [6.45, 7) is 3.36. The van der Waals surface area contributed by atoms with E-state index < -0.39 is 6.10 Å².